The lowest BCUT2D eigenvalue weighted by Crippen LogP contribution is -2.38. The minimum absolute atomic E-state index is 0.119. The first-order valence-electron chi connectivity index (χ1n) is 7.72. The molecule has 116 valence electrons. The van der Waals surface area contributed by atoms with Crippen LogP contribution in [0.4, 0.5) is 0 Å². The molecule has 1 amide bonds. The van der Waals surface area contributed by atoms with Crippen molar-refractivity contribution in [2.45, 2.75) is 43.9 Å². The number of amides is 1. The predicted octanol–water partition coefficient (Wildman–Crippen LogP) is 1.81. The van der Waals surface area contributed by atoms with E-state index < -0.39 is 0 Å². The number of carbonyl (C=O) groups excluding carboxylic acids is 1. The fourth-order valence-corrected chi connectivity index (χ4v) is 4.37. The van der Waals surface area contributed by atoms with Gasteiger partial charge in [0.05, 0.1) is 5.75 Å². The van der Waals surface area contributed by atoms with Crippen molar-refractivity contribution in [2.24, 2.45) is 0 Å². The number of nitrogens with zero attached hydrogens (tertiary/aromatic N) is 2. The minimum Gasteiger partial charge on any atom is -0.337 e. The molecule has 1 aliphatic carbocycles. The Morgan fingerprint density at radius 3 is 2.95 bits per heavy atom. The molecule has 1 aliphatic heterocycles. The molecule has 0 radical (unpaired) electrons. The number of fused-ring (bicyclic) bond motifs is 1. The van der Waals surface area contributed by atoms with Crippen LogP contribution in [-0.4, -0.2) is 33.3 Å². The quantitative estimate of drug-likeness (QED) is 0.922. The molecule has 0 atom stereocenters. The van der Waals surface area contributed by atoms with Crippen molar-refractivity contribution < 1.29 is 4.79 Å². The van der Waals surface area contributed by atoms with E-state index in [9.17, 15) is 9.59 Å². The Bertz CT molecular complexity index is 671. The number of aromatic amines is 1. The summed E-state index contributed by atoms with van der Waals surface area (Å²) in [6.07, 6.45) is 5.68. The molecule has 1 aromatic heterocycles. The molecule has 2 aliphatic rings. The number of pyridine rings is 1. The number of hydrogen-bond donors (Lipinski definition) is 1. The van der Waals surface area contributed by atoms with Gasteiger partial charge in [-0.3, -0.25) is 9.59 Å². The minimum atomic E-state index is -0.335. The third-order valence-electron chi connectivity index (χ3n) is 4.43. The number of nitrogens with one attached hydrogen (secondary N) is 1. The van der Waals surface area contributed by atoms with Gasteiger partial charge in [-0.2, -0.15) is 5.26 Å². The summed E-state index contributed by atoms with van der Waals surface area (Å²) in [5, 5.41) is 9.59. The molecule has 0 spiro atoms. The van der Waals surface area contributed by atoms with Gasteiger partial charge in [-0.25, -0.2) is 0 Å². The topological polar surface area (TPSA) is 77.0 Å². The van der Waals surface area contributed by atoms with Gasteiger partial charge in [-0.05, 0) is 24.5 Å². The summed E-state index contributed by atoms with van der Waals surface area (Å²) in [7, 11) is 0. The lowest BCUT2D eigenvalue weighted by Gasteiger charge is -2.29. The van der Waals surface area contributed by atoms with Crippen LogP contribution in [0.5, 0.6) is 0 Å². The van der Waals surface area contributed by atoms with E-state index in [1.807, 2.05) is 11.0 Å². The van der Waals surface area contributed by atoms with Crippen LogP contribution >= 0.6 is 11.8 Å². The van der Waals surface area contributed by atoms with E-state index in [1.54, 1.807) is 17.8 Å². The Hall–Kier alpha value is -1.74. The number of nitriles is 1. The molecule has 1 aromatic rings. The van der Waals surface area contributed by atoms with E-state index in [0.717, 1.165) is 11.3 Å². The first-order chi connectivity index (χ1) is 10.7. The van der Waals surface area contributed by atoms with E-state index >= 15 is 0 Å². The van der Waals surface area contributed by atoms with Gasteiger partial charge >= 0.3 is 0 Å². The Kier molecular flexibility index (Phi) is 4.53. The van der Waals surface area contributed by atoms with Gasteiger partial charge in [0.2, 0.25) is 5.91 Å². The molecule has 0 unspecified atom stereocenters. The second kappa shape index (κ2) is 6.57. The summed E-state index contributed by atoms with van der Waals surface area (Å²) in [6, 6.07) is 3.52. The second-order valence-corrected chi connectivity index (χ2v) is 7.20. The molecule has 0 saturated heterocycles. The van der Waals surface area contributed by atoms with Crippen molar-refractivity contribution in [3.63, 3.8) is 0 Å². The maximum absolute atomic E-state index is 12.4. The number of H-pyrrole nitrogens is 1. The smallest absolute Gasteiger partial charge is 0.266 e. The van der Waals surface area contributed by atoms with E-state index in [-0.39, 0.29) is 17.0 Å². The molecule has 6 heteroatoms. The highest BCUT2D eigenvalue weighted by Gasteiger charge is 2.24. The Morgan fingerprint density at radius 1 is 1.45 bits per heavy atom. The largest absolute Gasteiger partial charge is 0.337 e. The van der Waals surface area contributed by atoms with Crippen LogP contribution in [-0.2, 0) is 17.8 Å². The number of hydrogen-bond acceptors (Lipinski definition) is 4. The lowest BCUT2D eigenvalue weighted by atomic mass is 10.0. The van der Waals surface area contributed by atoms with Crippen molar-refractivity contribution in [3.05, 3.63) is 33.2 Å². The van der Waals surface area contributed by atoms with Gasteiger partial charge in [-0.1, -0.05) is 12.8 Å². The summed E-state index contributed by atoms with van der Waals surface area (Å²) >= 11 is 1.78. The van der Waals surface area contributed by atoms with Crippen LogP contribution in [0.25, 0.3) is 0 Å². The zero-order valence-electron chi connectivity index (χ0n) is 12.4. The summed E-state index contributed by atoms with van der Waals surface area (Å²) in [4.78, 5) is 28.6. The van der Waals surface area contributed by atoms with Gasteiger partial charge in [0.1, 0.15) is 11.6 Å². The second-order valence-electron chi connectivity index (χ2n) is 5.91. The third-order valence-corrected chi connectivity index (χ3v) is 5.78. The highest BCUT2D eigenvalue weighted by molar-refractivity contribution is 8.00. The van der Waals surface area contributed by atoms with Crippen LogP contribution in [0, 0.1) is 11.3 Å². The van der Waals surface area contributed by atoms with E-state index in [2.05, 4.69) is 4.98 Å². The van der Waals surface area contributed by atoms with Crippen LogP contribution < -0.4 is 5.56 Å². The standard InChI is InChI=1S/C16H19N3O2S/c17-8-11-7-12-9-19(6-5-14(12)18-16(11)21)15(20)10-22-13-3-1-2-4-13/h7,13H,1-6,9-10H2,(H,18,21). The van der Waals surface area contributed by atoms with Gasteiger partial charge < -0.3 is 9.88 Å². The van der Waals surface area contributed by atoms with Crippen molar-refractivity contribution in [1.82, 2.24) is 9.88 Å². The maximum Gasteiger partial charge on any atom is 0.266 e. The van der Waals surface area contributed by atoms with E-state index in [1.165, 1.54) is 25.7 Å². The number of carbonyl (C=O) groups is 1. The van der Waals surface area contributed by atoms with Crippen molar-refractivity contribution in [3.8, 4) is 6.07 Å². The van der Waals surface area contributed by atoms with E-state index in [0.29, 0.717) is 30.5 Å². The summed E-state index contributed by atoms with van der Waals surface area (Å²) < 4.78 is 0. The van der Waals surface area contributed by atoms with Crippen molar-refractivity contribution in [1.29, 1.82) is 5.26 Å². The molecule has 2 heterocycles. The first kappa shape index (κ1) is 15.2. The molecular formula is C16H19N3O2S. The molecule has 1 saturated carbocycles. The summed E-state index contributed by atoms with van der Waals surface area (Å²) in [5.74, 6) is 0.696. The molecule has 1 N–H and O–H groups in total. The summed E-state index contributed by atoms with van der Waals surface area (Å²) in [6.45, 7) is 1.13. The number of thioether (sulfide) groups is 1. The highest BCUT2D eigenvalue weighted by atomic mass is 32.2. The van der Waals surface area contributed by atoms with Gasteiger partial charge in [-0.15, -0.1) is 11.8 Å². The third kappa shape index (κ3) is 3.20. The Labute approximate surface area is 133 Å². The molecule has 1 fully saturated rings. The average molecular weight is 317 g/mol. The molecule has 3 rings (SSSR count). The van der Waals surface area contributed by atoms with E-state index in [4.69, 9.17) is 5.26 Å². The summed E-state index contributed by atoms with van der Waals surface area (Å²) in [5.41, 5.74) is 1.53. The van der Waals surface area contributed by atoms with Crippen LogP contribution in [0.2, 0.25) is 0 Å². The van der Waals surface area contributed by atoms with Crippen molar-refractivity contribution in [2.75, 3.05) is 12.3 Å². The average Bonchev–Trinajstić information content (AvgIpc) is 3.05. The number of rotatable bonds is 3. The maximum atomic E-state index is 12.4. The first-order valence-corrected chi connectivity index (χ1v) is 8.77. The molecular weight excluding hydrogens is 298 g/mol. The predicted molar refractivity (Wildman–Crippen MR) is 85.6 cm³/mol. The molecule has 0 aromatic carbocycles. The monoisotopic (exact) mass is 317 g/mol. The molecule has 5 nitrogen and oxygen atoms in total. The molecule has 0 bridgehead atoms. The zero-order valence-corrected chi connectivity index (χ0v) is 13.2. The fraction of sp³-hybridized carbons (Fsp3) is 0.562. The zero-order chi connectivity index (χ0) is 15.5. The molecule has 22 heavy (non-hydrogen) atoms. The van der Waals surface area contributed by atoms with Gasteiger partial charge in [0, 0.05) is 30.5 Å². The fourth-order valence-electron chi connectivity index (χ4n) is 3.14. The van der Waals surface area contributed by atoms with Crippen LogP contribution in [0.15, 0.2) is 10.9 Å². The SMILES string of the molecule is N#Cc1cc2c([nH]c1=O)CCN(C(=O)CSC1CCCC1)C2. The Balaban J connectivity index is 1.64. The Morgan fingerprint density at radius 2 is 2.23 bits per heavy atom. The van der Waals surface area contributed by atoms with Gasteiger partial charge in [0.15, 0.2) is 0 Å². The number of aromatic nitrogens is 1. The lowest BCUT2D eigenvalue weighted by molar-refractivity contribution is -0.129. The van der Waals surface area contributed by atoms with Gasteiger partial charge in [0.25, 0.3) is 5.56 Å². The normalized spacial score (nSPS) is 18.0. The van der Waals surface area contributed by atoms with Crippen molar-refractivity contribution >= 4 is 17.7 Å². The van der Waals surface area contributed by atoms with Crippen LogP contribution in [0.3, 0.4) is 0 Å². The van der Waals surface area contributed by atoms with Crippen LogP contribution in [0.1, 0.15) is 42.5 Å². The highest BCUT2D eigenvalue weighted by Crippen LogP contribution is 2.29.